The van der Waals surface area contributed by atoms with Crippen LogP contribution < -0.4 is 4.31 Å². The molecule has 2 aromatic carbocycles. The molecule has 0 saturated carbocycles. The van der Waals surface area contributed by atoms with E-state index >= 15 is 0 Å². The molecule has 192 valence electrons. The number of nitrogens with zero attached hydrogens (tertiary/aromatic N) is 4. The van der Waals surface area contributed by atoms with Crippen molar-refractivity contribution in [1.82, 2.24) is 14.8 Å². The largest absolute Gasteiger partial charge is 0.493 e. The van der Waals surface area contributed by atoms with Crippen molar-refractivity contribution in [2.24, 2.45) is 0 Å². The van der Waals surface area contributed by atoms with Crippen molar-refractivity contribution in [3.63, 3.8) is 0 Å². The van der Waals surface area contributed by atoms with Crippen LogP contribution in [0.15, 0.2) is 59.6 Å². The van der Waals surface area contributed by atoms with E-state index in [-0.39, 0.29) is 50.7 Å². The Morgan fingerprint density at radius 1 is 1.05 bits per heavy atom. The highest BCUT2D eigenvalue weighted by Crippen LogP contribution is 2.43. The van der Waals surface area contributed by atoms with E-state index in [1.807, 2.05) is 6.92 Å². The average Bonchev–Trinajstić information content (AvgIpc) is 3.04. The van der Waals surface area contributed by atoms with Gasteiger partial charge in [0.05, 0.1) is 20.5 Å². The minimum atomic E-state index is -4.67. The number of aromatic nitrogens is 3. The summed E-state index contributed by atoms with van der Waals surface area (Å²) in [4.78, 5) is 4.37. The van der Waals surface area contributed by atoms with Crippen LogP contribution in [-0.4, -0.2) is 34.8 Å². The van der Waals surface area contributed by atoms with Crippen molar-refractivity contribution in [1.29, 1.82) is 0 Å². The highest BCUT2D eigenvalue weighted by molar-refractivity contribution is 7.92. The summed E-state index contributed by atoms with van der Waals surface area (Å²) in [6.07, 6.45) is -3.22. The van der Waals surface area contributed by atoms with E-state index in [4.69, 9.17) is 23.2 Å². The summed E-state index contributed by atoms with van der Waals surface area (Å²) in [6, 6.07) is 10.9. The van der Waals surface area contributed by atoms with E-state index < -0.39 is 27.6 Å². The third kappa shape index (κ3) is 4.30. The topological polar surface area (TPSA) is 88.3 Å². The highest BCUT2D eigenvalue weighted by atomic mass is 35.5. The number of aromatic hydroxyl groups is 1. The van der Waals surface area contributed by atoms with Crippen LogP contribution in [0.5, 0.6) is 5.88 Å². The second-order valence-electron chi connectivity index (χ2n) is 8.36. The van der Waals surface area contributed by atoms with Gasteiger partial charge in [0.2, 0.25) is 5.88 Å². The Morgan fingerprint density at radius 3 is 2.32 bits per heavy atom. The zero-order chi connectivity index (χ0) is 26.7. The summed E-state index contributed by atoms with van der Waals surface area (Å²) in [6.45, 7) is 1.76. The Labute approximate surface area is 219 Å². The maximum absolute atomic E-state index is 13.5. The van der Waals surface area contributed by atoms with Crippen molar-refractivity contribution in [3.05, 3.63) is 81.5 Å². The molecule has 0 unspecified atom stereocenters. The van der Waals surface area contributed by atoms with Crippen LogP contribution in [0.4, 0.5) is 19.0 Å². The number of aryl methyl sites for hydroxylation is 1. The van der Waals surface area contributed by atoms with Gasteiger partial charge in [-0.1, -0.05) is 40.9 Å². The van der Waals surface area contributed by atoms with Crippen LogP contribution in [0.3, 0.4) is 0 Å². The van der Waals surface area contributed by atoms with Crippen molar-refractivity contribution < 1.29 is 26.7 Å². The fraction of sp³-hybridized carbons (Fsp3) is 0.167. The van der Waals surface area contributed by atoms with Gasteiger partial charge < -0.3 is 5.11 Å². The van der Waals surface area contributed by atoms with Crippen LogP contribution in [0.1, 0.15) is 16.7 Å². The van der Waals surface area contributed by atoms with Crippen molar-refractivity contribution in [2.45, 2.75) is 24.4 Å². The van der Waals surface area contributed by atoms with Gasteiger partial charge in [-0.3, -0.25) is 0 Å². The molecule has 0 spiro atoms. The molecule has 1 aliphatic heterocycles. The predicted molar refractivity (Wildman–Crippen MR) is 133 cm³/mol. The molecule has 37 heavy (non-hydrogen) atoms. The van der Waals surface area contributed by atoms with Gasteiger partial charge in [-0.15, -0.1) is 0 Å². The van der Waals surface area contributed by atoms with Crippen molar-refractivity contribution in [3.8, 4) is 22.8 Å². The minimum Gasteiger partial charge on any atom is -0.493 e. The number of alkyl halides is 3. The SMILES string of the molecule is Cc1ccc(S(=O)(=O)N2CCc3c(nn(-c4c(Cl)cc(C(F)(F)F)cc4Cl)c3O)-c3cccnc32)cc1. The van der Waals surface area contributed by atoms with Crippen LogP contribution >= 0.6 is 23.2 Å². The van der Waals surface area contributed by atoms with Gasteiger partial charge in [0, 0.05) is 23.9 Å². The molecule has 0 atom stereocenters. The number of hydrogen-bond acceptors (Lipinski definition) is 5. The molecule has 5 rings (SSSR count). The lowest BCUT2D eigenvalue weighted by atomic mass is 10.1. The Bertz CT molecular complexity index is 1620. The molecular weight excluding hydrogens is 552 g/mol. The molecule has 1 aliphatic rings. The number of rotatable bonds is 3. The number of pyridine rings is 1. The van der Waals surface area contributed by atoms with E-state index in [0.29, 0.717) is 17.7 Å². The Balaban J connectivity index is 1.65. The van der Waals surface area contributed by atoms with Crippen molar-refractivity contribution in [2.75, 3.05) is 10.8 Å². The average molecular weight is 569 g/mol. The maximum atomic E-state index is 13.5. The number of halogens is 5. The second-order valence-corrected chi connectivity index (χ2v) is 11.0. The maximum Gasteiger partial charge on any atom is 0.416 e. The first kappa shape index (κ1) is 25.4. The summed E-state index contributed by atoms with van der Waals surface area (Å²) in [5.41, 5.74) is 0.478. The lowest BCUT2D eigenvalue weighted by Gasteiger charge is -2.23. The van der Waals surface area contributed by atoms with Gasteiger partial charge in [-0.05, 0) is 49.7 Å². The predicted octanol–water partition coefficient (Wildman–Crippen LogP) is 6.03. The molecule has 0 fully saturated rings. The normalized spacial score (nSPS) is 13.7. The lowest BCUT2D eigenvalue weighted by Crippen LogP contribution is -2.33. The van der Waals surface area contributed by atoms with Crippen LogP contribution in [0.2, 0.25) is 10.0 Å². The third-order valence-corrected chi connectivity index (χ3v) is 8.34. The summed E-state index contributed by atoms with van der Waals surface area (Å²) in [7, 11) is -4.01. The Kier molecular flexibility index (Phi) is 6.12. The first-order valence-corrected chi connectivity index (χ1v) is 13.0. The number of benzene rings is 2. The van der Waals surface area contributed by atoms with Gasteiger partial charge in [-0.2, -0.15) is 23.0 Å². The van der Waals surface area contributed by atoms with Gasteiger partial charge in [0.15, 0.2) is 5.82 Å². The molecule has 0 bridgehead atoms. The number of anilines is 1. The van der Waals surface area contributed by atoms with Crippen LogP contribution in [-0.2, 0) is 22.6 Å². The highest BCUT2D eigenvalue weighted by Gasteiger charge is 2.36. The fourth-order valence-corrected chi connectivity index (χ4v) is 6.23. The molecule has 0 amide bonds. The van der Waals surface area contributed by atoms with Crippen molar-refractivity contribution >= 4 is 39.0 Å². The molecule has 2 aromatic heterocycles. The fourth-order valence-electron chi connectivity index (χ4n) is 4.15. The quantitative estimate of drug-likeness (QED) is 0.326. The zero-order valence-corrected chi connectivity index (χ0v) is 21.3. The number of sulfonamides is 1. The van der Waals surface area contributed by atoms with E-state index in [9.17, 15) is 26.7 Å². The molecule has 13 heteroatoms. The summed E-state index contributed by atoms with van der Waals surface area (Å²) < 4.78 is 68.7. The van der Waals surface area contributed by atoms with Gasteiger partial charge in [0.25, 0.3) is 10.0 Å². The second kappa shape index (κ2) is 8.93. The van der Waals surface area contributed by atoms with Crippen LogP contribution in [0.25, 0.3) is 16.9 Å². The monoisotopic (exact) mass is 568 g/mol. The van der Waals surface area contributed by atoms with Gasteiger partial charge >= 0.3 is 6.18 Å². The van der Waals surface area contributed by atoms with Gasteiger partial charge in [0.1, 0.15) is 11.4 Å². The van der Waals surface area contributed by atoms with E-state index in [0.717, 1.165) is 14.6 Å². The summed E-state index contributed by atoms with van der Waals surface area (Å²) in [5, 5.41) is 14.7. The third-order valence-electron chi connectivity index (χ3n) is 5.96. The first-order valence-electron chi connectivity index (χ1n) is 10.8. The molecule has 7 nitrogen and oxygen atoms in total. The number of hydrogen-bond donors (Lipinski definition) is 1. The molecule has 0 aliphatic carbocycles. The van der Waals surface area contributed by atoms with Gasteiger partial charge in [-0.25, -0.2) is 17.7 Å². The Morgan fingerprint density at radius 2 is 1.70 bits per heavy atom. The summed E-state index contributed by atoms with van der Waals surface area (Å²) in [5.74, 6) is -0.334. The molecular formula is C24H17Cl2F3N4O3S. The standard InChI is InChI=1S/C24H17Cl2F3N4O3S/c1-13-4-6-15(7-5-13)37(35,36)32-10-8-17-20(16-3-2-9-30-22(16)32)31-33(23(17)34)21-18(25)11-14(12-19(21)26)24(27,28)29/h2-7,9,11-12,34H,8,10H2,1H3. The molecule has 1 N–H and O–H groups in total. The van der Waals surface area contributed by atoms with E-state index in [2.05, 4.69) is 10.1 Å². The first-order chi connectivity index (χ1) is 17.4. The summed E-state index contributed by atoms with van der Waals surface area (Å²) >= 11 is 12.3. The minimum absolute atomic E-state index is 0.0263. The van der Waals surface area contributed by atoms with E-state index in [1.54, 1.807) is 24.3 Å². The lowest BCUT2D eigenvalue weighted by molar-refractivity contribution is -0.137. The molecule has 3 heterocycles. The molecule has 4 aromatic rings. The smallest absolute Gasteiger partial charge is 0.416 e. The molecule has 0 radical (unpaired) electrons. The number of fused-ring (bicyclic) bond motifs is 3. The van der Waals surface area contributed by atoms with E-state index in [1.165, 1.54) is 18.3 Å². The van der Waals surface area contributed by atoms with Crippen LogP contribution in [0, 0.1) is 6.92 Å². The Hall–Kier alpha value is -3.28. The zero-order valence-electron chi connectivity index (χ0n) is 19.0. The molecule has 0 saturated heterocycles.